The normalized spacial score (nSPS) is 11.8. The number of nitrogens with zero attached hydrogens (tertiary/aromatic N) is 1. The van der Waals surface area contributed by atoms with Crippen LogP contribution >= 0.6 is 0 Å². The lowest BCUT2D eigenvalue weighted by Crippen LogP contribution is -2.33. The molecule has 0 spiro atoms. The molecule has 0 aliphatic heterocycles. The Morgan fingerprint density at radius 2 is 2.08 bits per heavy atom. The van der Waals surface area contributed by atoms with Gasteiger partial charge in [-0.1, -0.05) is 24.3 Å². The van der Waals surface area contributed by atoms with E-state index >= 15 is 0 Å². The molecule has 0 saturated heterocycles. The van der Waals surface area contributed by atoms with Gasteiger partial charge in [0.1, 0.15) is 5.75 Å². The van der Waals surface area contributed by atoms with E-state index < -0.39 is 6.10 Å². The molecule has 2 aromatic rings. The second kappa shape index (κ2) is 9.27. The number of hydrazone groups is 1. The Bertz CT molecular complexity index is 788. The van der Waals surface area contributed by atoms with Gasteiger partial charge < -0.3 is 14.6 Å². The van der Waals surface area contributed by atoms with E-state index in [0.29, 0.717) is 29.0 Å². The summed E-state index contributed by atoms with van der Waals surface area (Å²) in [5.41, 5.74) is 3.77. The number of allylic oxidation sites excluding steroid dienone is 1. The monoisotopic (exact) mass is 354 g/mol. The number of hydrogen-bond donors (Lipinski definition) is 2. The smallest absolute Gasteiger partial charge is 0.280 e. The van der Waals surface area contributed by atoms with Crippen LogP contribution in [0.5, 0.6) is 17.2 Å². The van der Waals surface area contributed by atoms with Crippen molar-refractivity contribution in [1.29, 1.82) is 0 Å². The van der Waals surface area contributed by atoms with E-state index in [4.69, 9.17) is 9.47 Å². The summed E-state index contributed by atoms with van der Waals surface area (Å²) in [6.07, 6.45) is 2.94. The van der Waals surface area contributed by atoms with Crippen LogP contribution in [0.25, 0.3) is 0 Å². The Morgan fingerprint density at radius 3 is 2.73 bits per heavy atom. The van der Waals surface area contributed by atoms with Gasteiger partial charge in [-0.3, -0.25) is 4.79 Å². The number of hydrogen-bond acceptors (Lipinski definition) is 5. The molecule has 0 aliphatic rings. The maximum atomic E-state index is 12.1. The van der Waals surface area contributed by atoms with E-state index in [-0.39, 0.29) is 11.7 Å². The van der Waals surface area contributed by atoms with Gasteiger partial charge in [0.15, 0.2) is 17.6 Å². The second-order valence-electron chi connectivity index (χ2n) is 5.53. The molecule has 0 fully saturated rings. The summed E-state index contributed by atoms with van der Waals surface area (Å²) in [5.74, 6) is 0.634. The van der Waals surface area contributed by atoms with Crippen molar-refractivity contribution in [1.82, 2.24) is 5.43 Å². The highest BCUT2D eigenvalue weighted by molar-refractivity contribution is 5.85. The van der Waals surface area contributed by atoms with Gasteiger partial charge in [0.25, 0.3) is 5.91 Å². The highest BCUT2D eigenvalue weighted by Gasteiger charge is 2.14. The van der Waals surface area contributed by atoms with Crippen LogP contribution in [0.1, 0.15) is 18.1 Å². The zero-order valence-corrected chi connectivity index (χ0v) is 14.8. The highest BCUT2D eigenvalue weighted by atomic mass is 16.5. The third kappa shape index (κ3) is 5.11. The molecule has 6 nitrogen and oxygen atoms in total. The minimum atomic E-state index is -0.694. The van der Waals surface area contributed by atoms with E-state index in [9.17, 15) is 9.90 Å². The molecular weight excluding hydrogens is 332 g/mol. The average molecular weight is 354 g/mol. The number of ether oxygens (including phenoxy) is 2. The molecule has 0 aliphatic carbocycles. The lowest BCUT2D eigenvalue weighted by molar-refractivity contribution is -0.127. The first-order chi connectivity index (χ1) is 12.5. The first kappa shape index (κ1) is 19.1. The van der Waals surface area contributed by atoms with Crippen molar-refractivity contribution in [3.05, 3.63) is 66.2 Å². The fraction of sp³-hybridized carbons (Fsp3) is 0.200. The van der Waals surface area contributed by atoms with E-state index in [1.165, 1.54) is 13.3 Å². The molecule has 0 aromatic heterocycles. The summed E-state index contributed by atoms with van der Waals surface area (Å²) in [6, 6.07) is 12.5. The number of carbonyl (C=O) groups excluding carboxylic acids is 1. The minimum absolute atomic E-state index is 0.0680. The van der Waals surface area contributed by atoms with Crippen LogP contribution in [-0.2, 0) is 11.2 Å². The lowest BCUT2D eigenvalue weighted by Gasteiger charge is -2.12. The molecular formula is C20H22N2O4. The Labute approximate surface area is 152 Å². The fourth-order valence-corrected chi connectivity index (χ4v) is 2.25. The van der Waals surface area contributed by atoms with Gasteiger partial charge in [0.05, 0.1) is 13.3 Å². The van der Waals surface area contributed by atoms with Gasteiger partial charge in [0.2, 0.25) is 0 Å². The Balaban J connectivity index is 2.01. The third-order valence-corrected chi connectivity index (χ3v) is 3.57. The van der Waals surface area contributed by atoms with Gasteiger partial charge in [-0.05, 0) is 43.2 Å². The molecule has 0 unspecified atom stereocenters. The molecule has 2 N–H and O–H groups in total. The van der Waals surface area contributed by atoms with Gasteiger partial charge in [0, 0.05) is 5.56 Å². The largest absolute Gasteiger partial charge is 0.504 e. The van der Waals surface area contributed by atoms with Crippen molar-refractivity contribution in [2.45, 2.75) is 19.4 Å². The van der Waals surface area contributed by atoms with Gasteiger partial charge in [-0.25, -0.2) is 5.43 Å². The van der Waals surface area contributed by atoms with E-state index in [1.807, 2.05) is 18.2 Å². The zero-order valence-electron chi connectivity index (χ0n) is 14.8. The summed E-state index contributed by atoms with van der Waals surface area (Å²) in [5, 5.41) is 14.0. The average Bonchev–Trinajstić information content (AvgIpc) is 2.65. The number of benzene rings is 2. The summed E-state index contributed by atoms with van der Waals surface area (Å²) >= 11 is 0. The predicted molar refractivity (Wildman–Crippen MR) is 101 cm³/mol. The summed E-state index contributed by atoms with van der Waals surface area (Å²) in [7, 11) is 1.47. The number of phenolic OH excluding ortho intramolecular Hbond substituents is 1. The molecule has 6 heteroatoms. The van der Waals surface area contributed by atoms with Crippen LogP contribution in [-0.4, -0.2) is 30.4 Å². The van der Waals surface area contributed by atoms with Gasteiger partial charge in [-0.2, -0.15) is 5.10 Å². The first-order valence-electron chi connectivity index (χ1n) is 8.10. The summed E-state index contributed by atoms with van der Waals surface area (Å²) in [4.78, 5) is 12.1. The van der Waals surface area contributed by atoms with Crippen LogP contribution < -0.4 is 14.9 Å². The van der Waals surface area contributed by atoms with Crippen molar-refractivity contribution >= 4 is 12.1 Å². The molecule has 2 rings (SSSR count). The number of aromatic hydroxyl groups is 1. The van der Waals surface area contributed by atoms with Crippen LogP contribution in [0.2, 0.25) is 0 Å². The number of rotatable bonds is 8. The summed E-state index contributed by atoms with van der Waals surface area (Å²) in [6.45, 7) is 5.31. The molecule has 0 radical (unpaired) electrons. The molecule has 2 aromatic carbocycles. The van der Waals surface area contributed by atoms with Crippen molar-refractivity contribution < 1.29 is 19.4 Å². The predicted octanol–water partition coefficient (Wildman–Crippen LogP) is 3.05. The fourth-order valence-electron chi connectivity index (χ4n) is 2.25. The van der Waals surface area contributed by atoms with Crippen molar-refractivity contribution in [3.63, 3.8) is 0 Å². The highest BCUT2D eigenvalue weighted by Crippen LogP contribution is 2.31. The van der Waals surface area contributed by atoms with E-state index in [1.54, 1.807) is 37.3 Å². The third-order valence-electron chi connectivity index (χ3n) is 3.57. The number of methoxy groups -OCH3 is 1. The van der Waals surface area contributed by atoms with Crippen LogP contribution in [0.4, 0.5) is 0 Å². The van der Waals surface area contributed by atoms with Crippen molar-refractivity contribution in [2.24, 2.45) is 5.10 Å². The van der Waals surface area contributed by atoms with Crippen LogP contribution in [0.15, 0.2) is 60.2 Å². The number of phenols is 1. The molecule has 0 saturated carbocycles. The maximum absolute atomic E-state index is 12.1. The van der Waals surface area contributed by atoms with Crippen LogP contribution in [0.3, 0.4) is 0 Å². The standard InChI is InChI=1S/C20H22N2O4/c1-4-8-16-11-15(12-18(25-3)19(16)23)13-21-22-20(24)14(2)26-17-9-6-5-7-10-17/h4-7,9-14,23H,1,8H2,2-3H3,(H,22,24)/b21-13-/t14-/m0/s1. The zero-order chi connectivity index (χ0) is 18.9. The number of para-hydroxylation sites is 1. The SMILES string of the molecule is C=CCc1cc(/C=N\NC(=O)[C@H](C)Oc2ccccc2)cc(OC)c1O. The Morgan fingerprint density at radius 1 is 1.35 bits per heavy atom. The quantitative estimate of drug-likeness (QED) is 0.434. The summed E-state index contributed by atoms with van der Waals surface area (Å²) < 4.78 is 10.7. The van der Waals surface area contributed by atoms with Gasteiger partial charge in [-0.15, -0.1) is 6.58 Å². The van der Waals surface area contributed by atoms with E-state index in [0.717, 1.165) is 0 Å². The molecule has 0 bridgehead atoms. The number of nitrogens with one attached hydrogen (secondary N) is 1. The Hall–Kier alpha value is -3.28. The minimum Gasteiger partial charge on any atom is -0.504 e. The van der Waals surface area contributed by atoms with E-state index in [2.05, 4.69) is 17.1 Å². The van der Waals surface area contributed by atoms with Crippen molar-refractivity contribution in [3.8, 4) is 17.2 Å². The molecule has 0 heterocycles. The second-order valence-corrected chi connectivity index (χ2v) is 5.53. The topological polar surface area (TPSA) is 80.2 Å². The first-order valence-corrected chi connectivity index (χ1v) is 8.10. The van der Waals surface area contributed by atoms with Gasteiger partial charge >= 0.3 is 0 Å². The lowest BCUT2D eigenvalue weighted by atomic mass is 10.1. The van der Waals surface area contributed by atoms with Crippen molar-refractivity contribution in [2.75, 3.05) is 7.11 Å². The van der Waals surface area contributed by atoms with Crippen LogP contribution in [0, 0.1) is 0 Å². The molecule has 1 amide bonds. The molecule has 136 valence electrons. The molecule has 26 heavy (non-hydrogen) atoms. The Kier molecular flexibility index (Phi) is 6.79. The number of amides is 1. The number of carbonyl (C=O) groups is 1. The maximum Gasteiger partial charge on any atom is 0.280 e. The molecule has 1 atom stereocenters.